The zero-order valence-electron chi connectivity index (χ0n) is 10.5. The van der Waals surface area contributed by atoms with Crippen molar-refractivity contribution < 1.29 is 9.90 Å². The summed E-state index contributed by atoms with van der Waals surface area (Å²) in [6, 6.07) is 0. The van der Waals surface area contributed by atoms with Gasteiger partial charge in [-0.3, -0.25) is 9.55 Å². The second-order valence-electron chi connectivity index (χ2n) is 4.53. The van der Waals surface area contributed by atoms with Crippen molar-refractivity contribution in [1.29, 1.82) is 0 Å². The van der Waals surface area contributed by atoms with Gasteiger partial charge in [0.25, 0.3) is 0 Å². The van der Waals surface area contributed by atoms with E-state index in [1.807, 2.05) is 0 Å². The van der Waals surface area contributed by atoms with E-state index in [-0.39, 0.29) is 28.6 Å². The summed E-state index contributed by atoms with van der Waals surface area (Å²) in [4.78, 5) is 23.5. The van der Waals surface area contributed by atoms with Crippen LogP contribution in [0.1, 0.15) is 28.2 Å². The molecule has 2 aromatic heterocycles. The number of carbonyl (C=O) groups is 1. The minimum absolute atomic E-state index is 0.0198. The molecular formula is C11H7B3N4O2. The molecule has 1 N–H and O–H groups in total. The Kier molecular flexibility index (Phi) is 2.92. The minimum Gasteiger partial charge on any atom is -0.476 e. The fourth-order valence-electron chi connectivity index (χ4n) is 2.38. The first-order valence-electron chi connectivity index (χ1n) is 6.01. The normalized spacial score (nSPS) is 13.4. The molecule has 0 amide bonds. The van der Waals surface area contributed by atoms with Crippen molar-refractivity contribution in [2.24, 2.45) is 0 Å². The molecule has 0 aromatic carbocycles. The SMILES string of the molecule is [B]c1nc([B])n(-c2nc3c(c(C(=O)O)n2)CCC3)c1[B]. The maximum Gasteiger partial charge on any atom is 0.354 e. The Hall–Kier alpha value is -2.05. The molecule has 3 rings (SSSR count). The Morgan fingerprint density at radius 2 is 1.90 bits per heavy atom. The quantitative estimate of drug-likeness (QED) is 0.591. The van der Waals surface area contributed by atoms with Gasteiger partial charge in [-0.25, -0.2) is 14.8 Å². The number of hydrogen-bond acceptors (Lipinski definition) is 4. The van der Waals surface area contributed by atoms with Gasteiger partial charge in [-0.1, -0.05) is 0 Å². The summed E-state index contributed by atoms with van der Waals surface area (Å²) in [6.45, 7) is 0. The van der Waals surface area contributed by atoms with Crippen molar-refractivity contribution in [3.63, 3.8) is 0 Å². The number of carboxylic acid groups (broad SMARTS) is 1. The van der Waals surface area contributed by atoms with E-state index in [2.05, 4.69) is 15.0 Å². The molecule has 92 valence electrons. The summed E-state index contributed by atoms with van der Waals surface area (Å²) in [5.74, 6) is -1.01. The highest BCUT2D eigenvalue weighted by atomic mass is 16.4. The van der Waals surface area contributed by atoms with Gasteiger partial charge in [0.2, 0.25) is 5.95 Å². The Balaban J connectivity index is 2.25. The molecule has 6 radical (unpaired) electrons. The van der Waals surface area contributed by atoms with E-state index < -0.39 is 5.97 Å². The summed E-state index contributed by atoms with van der Waals surface area (Å²) in [7, 11) is 17.1. The Morgan fingerprint density at radius 3 is 2.50 bits per heavy atom. The lowest BCUT2D eigenvalue weighted by Gasteiger charge is -2.11. The van der Waals surface area contributed by atoms with Crippen LogP contribution in [0.3, 0.4) is 0 Å². The highest BCUT2D eigenvalue weighted by Gasteiger charge is 2.24. The molecule has 0 atom stereocenters. The third-order valence-corrected chi connectivity index (χ3v) is 3.29. The first-order chi connectivity index (χ1) is 9.49. The topological polar surface area (TPSA) is 80.9 Å². The fraction of sp³-hybridized carbons (Fsp3) is 0.273. The van der Waals surface area contributed by atoms with E-state index in [0.717, 1.165) is 6.42 Å². The second-order valence-corrected chi connectivity index (χ2v) is 4.53. The Bertz CT molecular complexity index is 729. The van der Waals surface area contributed by atoms with Crippen molar-refractivity contribution in [2.75, 3.05) is 0 Å². The lowest BCUT2D eigenvalue weighted by Crippen LogP contribution is -2.33. The third-order valence-electron chi connectivity index (χ3n) is 3.29. The number of aromatic nitrogens is 4. The van der Waals surface area contributed by atoms with Crippen LogP contribution in [-0.4, -0.2) is 54.1 Å². The van der Waals surface area contributed by atoms with Crippen molar-refractivity contribution >= 4 is 46.4 Å². The molecular weight excluding hydrogens is 253 g/mol. The van der Waals surface area contributed by atoms with Crippen LogP contribution in [0.15, 0.2) is 0 Å². The number of hydrogen-bond donors (Lipinski definition) is 1. The van der Waals surface area contributed by atoms with E-state index in [1.54, 1.807) is 0 Å². The van der Waals surface area contributed by atoms with E-state index in [4.69, 9.17) is 23.5 Å². The Morgan fingerprint density at radius 1 is 1.15 bits per heavy atom. The van der Waals surface area contributed by atoms with Crippen LogP contribution >= 0.6 is 0 Å². The molecule has 0 unspecified atom stereocenters. The van der Waals surface area contributed by atoms with E-state index in [9.17, 15) is 9.90 Å². The molecule has 1 aliphatic rings. The molecule has 1 aliphatic carbocycles. The molecule has 2 heterocycles. The van der Waals surface area contributed by atoms with Crippen LogP contribution in [0.4, 0.5) is 0 Å². The molecule has 0 saturated heterocycles. The second kappa shape index (κ2) is 4.50. The van der Waals surface area contributed by atoms with Crippen LogP contribution in [-0.2, 0) is 12.8 Å². The molecule has 0 spiro atoms. The number of aryl methyl sites for hydroxylation is 1. The molecule has 0 saturated carbocycles. The van der Waals surface area contributed by atoms with Gasteiger partial charge in [0.15, 0.2) is 13.5 Å². The Labute approximate surface area is 118 Å². The number of fused-ring (bicyclic) bond motifs is 1. The highest BCUT2D eigenvalue weighted by Crippen LogP contribution is 2.23. The summed E-state index contributed by atoms with van der Waals surface area (Å²) in [6.07, 6.45) is 2.22. The van der Waals surface area contributed by atoms with Crippen molar-refractivity contribution in [1.82, 2.24) is 19.5 Å². The summed E-state index contributed by atoms with van der Waals surface area (Å²) < 4.78 is 1.25. The first-order valence-corrected chi connectivity index (χ1v) is 6.01. The number of rotatable bonds is 2. The van der Waals surface area contributed by atoms with Gasteiger partial charge in [0.1, 0.15) is 15.7 Å². The molecule has 2 aromatic rings. The fourth-order valence-corrected chi connectivity index (χ4v) is 2.38. The maximum absolute atomic E-state index is 11.3. The number of aromatic carboxylic acids is 1. The predicted molar refractivity (Wildman–Crippen MR) is 74.3 cm³/mol. The van der Waals surface area contributed by atoms with Gasteiger partial charge in [-0.2, -0.15) is 0 Å². The van der Waals surface area contributed by atoms with Gasteiger partial charge in [0.05, 0.1) is 11.4 Å². The summed E-state index contributed by atoms with van der Waals surface area (Å²) >= 11 is 0. The van der Waals surface area contributed by atoms with Crippen LogP contribution in [0, 0.1) is 0 Å². The summed E-state index contributed by atoms with van der Waals surface area (Å²) in [5.41, 5.74) is 1.54. The van der Waals surface area contributed by atoms with Crippen molar-refractivity contribution in [2.45, 2.75) is 19.3 Å². The van der Waals surface area contributed by atoms with Crippen LogP contribution in [0.25, 0.3) is 5.95 Å². The van der Waals surface area contributed by atoms with Gasteiger partial charge >= 0.3 is 5.97 Å². The van der Waals surface area contributed by atoms with Crippen LogP contribution in [0.2, 0.25) is 0 Å². The smallest absolute Gasteiger partial charge is 0.354 e. The van der Waals surface area contributed by atoms with Crippen molar-refractivity contribution in [3.05, 3.63) is 17.0 Å². The first kappa shape index (κ1) is 13.0. The minimum atomic E-state index is -1.10. The number of carboxylic acids is 1. The largest absolute Gasteiger partial charge is 0.476 e. The van der Waals surface area contributed by atoms with E-state index >= 15 is 0 Å². The van der Waals surface area contributed by atoms with E-state index in [0.29, 0.717) is 24.1 Å². The summed E-state index contributed by atoms with van der Waals surface area (Å²) in [5, 5.41) is 9.26. The van der Waals surface area contributed by atoms with Crippen LogP contribution in [0.5, 0.6) is 0 Å². The lowest BCUT2D eigenvalue weighted by atomic mass is 9.91. The molecule has 0 fully saturated rings. The molecule has 0 aliphatic heterocycles. The van der Waals surface area contributed by atoms with Gasteiger partial charge in [-0.15, -0.1) is 0 Å². The van der Waals surface area contributed by atoms with Gasteiger partial charge < -0.3 is 5.11 Å². The zero-order chi connectivity index (χ0) is 14.4. The van der Waals surface area contributed by atoms with Gasteiger partial charge in [-0.05, 0) is 30.4 Å². The van der Waals surface area contributed by atoms with E-state index in [1.165, 1.54) is 4.57 Å². The van der Waals surface area contributed by atoms with Crippen molar-refractivity contribution in [3.8, 4) is 5.95 Å². The number of nitrogens with zero attached hydrogens (tertiary/aromatic N) is 4. The van der Waals surface area contributed by atoms with Crippen LogP contribution < -0.4 is 16.9 Å². The predicted octanol–water partition coefficient (Wildman–Crippen LogP) is -2.77. The molecule has 20 heavy (non-hydrogen) atoms. The zero-order valence-corrected chi connectivity index (χ0v) is 10.5. The highest BCUT2D eigenvalue weighted by molar-refractivity contribution is 6.48. The standard InChI is InChI=1S/C11H7B3N4O2/c12-7-8(13)18(10(14)17-7)11-15-5-3-1-2-4(5)6(16-11)9(19)20/h1-3H2,(H,19,20). The third kappa shape index (κ3) is 1.85. The molecule has 9 heteroatoms. The number of imidazole rings is 1. The monoisotopic (exact) mass is 260 g/mol. The lowest BCUT2D eigenvalue weighted by molar-refractivity contribution is 0.0689. The van der Waals surface area contributed by atoms with Gasteiger partial charge in [0, 0.05) is 5.56 Å². The maximum atomic E-state index is 11.3. The molecule has 6 nitrogen and oxygen atoms in total. The average Bonchev–Trinajstić information content (AvgIpc) is 2.94. The molecule has 0 bridgehead atoms. The average molecular weight is 260 g/mol.